The summed E-state index contributed by atoms with van der Waals surface area (Å²) in [4.78, 5) is 28.9. The first-order chi connectivity index (χ1) is 16.7. The number of hydrogen-bond acceptors (Lipinski definition) is 6. The number of nitrogens with two attached hydrogens (primary N) is 1. The molecule has 37 heavy (non-hydrogen) atoms. The number of phenolic OH excluding ortho intramolecular Hbond substituents is 1. The highest BCUT2D eigenvalue weighted by Crippen LogP contribution is 2.42. The Kier molecular flexibility index (Phi) is 10.5. The first-order valence-corrected chi connectivity index (χ1v) is 12.0. The van der Waals surface area contributed by atoms with Crippen molar-refractivity contribution in [2.24, 2.45) is 5.73 Å². The Morgan fingerprint density at radius 3 is 2.38 bits per heavy atom. The summed E-state index contributed by atoms with van der Waals surface area (Å²) >= 11 is 6.20. The summed E-state index contributed by atoms with van der Waals surface area (Å²) in [5, 5.41) is 17.1. The zero-order valence-corrected chi connectivity index (χ0v) is 22.8. The third-order valence-electron chi connectivity index (χ3n) is 6.45. The lowest BCUT2D eigenvalue weighted by Crippen LogP contribution is -2.46. The van der Waals surface area contributed by atoms with Crippen LogP contribution in [0.4, 0.5) is 10.1 Å². The van der Waals surface area contributed by atoms with Crippen LogP contribution in [0, 0.1) is 5.82 Å². The SMILES string of the molecule is CC(=O)c1c(-c2cnc3ccccc3c2NC2CCC(NC(=O)[C@H](C)N)CC2)cc(F)c(O)c1Cl.Cl.Cl. The maximum absolute atomic E-state index is 14.5. The number of hydrogen-bond donors (Lipinski definition) is 4. The number of rotatable bonds is 6. The zero-order chi connectivity index (χ0) is 25.3. The Hall–Kier alpha value is -2.65. The number of pyridine rings is 1. The molecule has 4 rings (SSSR count). The second-order valence-corrected chi connectivity index (χ2v) is 9.43. The molecule has 1 saturated carbocycles. The topological polar surface area (TPSA) is 117 Å². The van der Waals surface area contributed by atoms with Crippen LogP contribution in [-0.4, -0.2) is 39.9 Å². The first kappa shape index (κ1) is 30.6. The highest BCUT2D eigenvalue weighted by atomic mass is 35.5. The molecule has 0 aliphatic heterocycles. The van der Waals surface area contributed by atoms with E-state index in [4.69, 9.17) is 17.3 Å². The van der Waals surface area contributed by atoms with E-state index in [0.717, 1.165) is 42.7 Å². The fourth-order valence-electron chi connectivity index (χ4n) is 4.59. The normalized spacial score (nSPS) is 17.8. The second-order valence-electron chi connectivity index (χ2n) is 9.05. The van der Waals surface area contributed by atoms with Gasteiger partial charge in [0.15, 0.2) is 17.3 Å². The van der Waals surface area contributed by atoms with Gasteiger partial charge < -0.3 is 21.5 Å². The Morgan fingerprint density at radius 1 is 1.14 bits per heavy atom. The highest BCUT2D eigenvalue weighted by Gasteiger charge is 2.27. The number of halogens is 4. The van der Waals surface area contributed by atoms with E-state index in [9.17, 15) is 19.1 Å². The number of benzene rings is 2. The van der Waals surface area contributed by atoms with Crippen molar-refractivity contribution in [3.8, 4) is 16.9 Å². The molecule has 5 N–H and O–H groups in total. The predicted octanol–water partition coefficient (Wildman–Crippen LogP) is 5.63. The minimum atomic E-state index is -0.917. The molecule has 1 aliphatic carbocycles. The number of para-hydroxylation sites is 1. The van der Waals surface area contributed by atoms with Crippen molar-refractivity contribution in [2.75, 3.05) is 5.32 Å². The molecule has 0 spiro atoms. The summed E-state index contributed by atoms with van der Waals surface area (Å²) in [6, 6.07) is 8.27. The lowest BCUT2D eigenvalue weighted by Gasteiger charge is -2.31. The van der Waals surface area contributed by atoms with Crippen LogP contribution in [-0.2, 0) is 4.79 Å². The lowest BCUT2D eigenvalue weighted by molar-refractivity contribution is -0.122. The molecule has 2 aromatic carbocycles. The quantitative estimate of drug-likeness (QED) is 0.285. The molecule has 1 aromatic heterocycles. The van der Waals surface area contributed by atoms with Crippen LogP contribution in [0.1, 0.15) is 49.9 Å². The molecule has 0 saturated heterocycles. The number of anilines is 1. The van der Waals surface area contributed by atoms with Gasteiger partial charge in [0.25, 0.3) is 0 Å². The highest BCUT2D eigenvalue weighted by molar-refractivity contribution is 6.36. The fraction of sp³-hybridized carbons (Fsp3) is 0.346. The standard InChI is InChI=1S/C26H28ClFN4O3.2ClH/c1-13(29)26(35)32-16-9-7-15(8-10-16)31-24-17-5-3-4-6-21(17)30-12-19(24)18-11-20(28)25(34)23(27)22(18)14(2)33;;/h3-6,11-13,15-16,34H,7-10,29H2,1-2H3,(H,30,31)(H,32,35);2*1H/t13-,15?,16?;;/m0../s1. The maximum atomic E-state index is 14.5. The number of carbonyl (C=O) groups excluding carboxylic acids is 2. The molecule has 0 radical (unpaired) electrons. The van der Waals surface area contributed by atoms with E-state index in [-0.39, 0.29) is 59.0 Å². The van der Waals surface area contributed by atoms with Gasteiger partial charge in [-0.25, -0.2) is 4.39 Å². The monoisotopic (exact) mass is 570 g/mol. The lowest BCUT2D eigenvalue weighted by atomic mass is 9.89. The van der Waals surface area contributed by atoms with Crippen molar-refractivity contribution >= 4 is 64.7 Å². The minimum absolute atomic E-state index is 0. The van der Waals surface area contributed by atoms with E-state index in [0.29, 0.717) is 11.3 Å². The number of aromatic nitrogens is 1. The largest absolute Gasteiger partial charge is 0.504 e. The number of carbonyl (C=O) groups is 2. The number of Topliss-reactive ketones (excluding diaryl/α,β-unsaturated/α-hetero) is 1. The molecule has 7 nitrogen and oxygen atoms in total. The van der Waals surface area contributed by atoms with E-state index in [1.165, 1.54) is 6.92 Å². The van der Waals surface area contributed by atoms with Gasteiger partial charge in [0.05, 0.1) is 22.3 Å². The van der Waals surface area contributed by atoms with Crippen LogP contribution in [0.5, 0.6) is 5.75 Å². The van der Waals surface area contributed by atoms with Crippen LogP contribution in [0.25, 0.3) is 22.0 Å². The number of aromatic hydroxyl groups is 1. The zero-order valence-electron chi connectivity index (χ0n) is 20.4. The van der Waals surface area contributed by atoms with Gasteiger partial charge in [0.2, 0.25) is 5.91 Å². The molecule has 11 heteroatoms. The van der Waals surface area contributed by atoms with Crippen molar-refractivity contribution in [3.05, 3.63) is 52.9 Å². The van der Waals surface area contributed by atoms with Crippen LogP contribution < -0.4 is 16.4 Å². The molecule has 1 heterocycles. The van der Waals surface area contributed by atoms with Gasteiger partial charge in [-0.3, -0.25) is 14.6 Å². The average Bonchev–Trinajstić information content (AvgIpc) is 2.83. The summed E-state index contributed by atoms with van der Waals surface area (Å²) in [7, 11) is 0. The van der Waals surface area contributed by atoms with Crippen LogP contribution in [0.2, 0.25) is 5.02 Å². The summed E-state index contributed by atoms with van der Waals surface area (Å²) in [6.07, 6.45) is 4.75. The van der Waals surface area contributed by atoms with E-state index < -0.39 is 23.4 Å². The van der Waals surface area contributed by atoms with Gasteiger partial charge in [-0.15, -0.1) is 24.8 Å². The molecule has 1 fully saturated rings. The average molecular weight is 572 g/mol. The summed E-state index contributed by atoms with van der Waals surface area (Å²) in [6.45, 7) is 2.98. The van der Waals surface area contributed by atoms with Gasteiger partial charge in [0.1, 0.15) is 0 Å². The van der Waals surface area contributed by atoms with Crippen molar-refractivity contribution in [1.29, 1.82) is 0 Å². The van der Waals surface area contributed by atoms with Crippen LogP contribution >= 0.6 is 36.4 Å². The third kappa shape index (κ3) is 6.44. The number of ketones is 1. The smallest absolute Gasteiger partial charge is 0.236 e. The van der Waals surface area contributed by atoms with Crippen LogP contribution in [0.3, 0.4) is 0 Å². The molecule has 0 bridgehead atoms. The van der Waals surface area contributed by atoms with Crippen LogP contribution in [0.15, 0.2) is 36.5 Å². The molecular formula is C26H30Cl3FN4O3. The fourth-order valence-corrected chi connectivity index (χ4v) is 4.91. The summed E-state index contributed by atoms with van der Waals surface area (Å²) < 4.78 is 14.5. The molecule has 200 valence electrons. The molecule has 0 unspecified atom stereocenters. The van der Waals surface area contributed by atoms with Crippen molar-refractivity contribution in [2.45, 2.75) is 57.7 Å². The van der Waals surface area contributed by atoms with Gasteiger partial charge >= 0.3 is 0 Å². The number of amides is 1. The van der Waals surface area contributed by atoms with Crippen molar-refractivity contribution < 1.29 is 19.1 Å². The summed E-state index contributed by atoms with van der Waals surface area (Å²) in [5.41, 5.74) is 7.93. The Balaban J connectivity index is 0.00000241. The van der Waals surface area contributed by atoms with E-state index >= 15 is 0 Å². The minimum Gasteiger partial charge on any atom is -0.504 e. The van der Waals surface area contributed by atoms with Gasteiger partial charge in [-0.2, -0.15) is 0 Å². The molecule has 1 amide bonds. The maximum Gasteiger partial charge on any atom is 0.236 e. The van der Waals surface area contributed by atoms with Gasteiger partial charge in [0, 0.05) is 40.4 Å². The Morgan fingerprint density at radius 2 is 1.76 bits per heavy atom. The van der Waals surface area contributed by atoms with E-state index in [1.807, 2.05) is 24.3 Å². The number of fused-ring (bicyclic) bond motifs is 1. The Bertz CT molecular complexity index is 1300. The number of nitrogens with zero attached hydrogens (tertiary/aromatic N) is 1. The Labute approximate surface area is 232 Å². The second kappa shape index (κ2) is 12.7. The first-order valence-electron chi connectivity index (χ1n) is 11.6. The predicted molar refractivity (Wildman–Crippen MR) is 150 cm³/mol. The van der Waals surface area contributed by atoms with Crippen molar-refractivity contribution in [1.82, 2.24) is 10.3 Å². The van der Waals surface area contributed by atoms with E-state index in [2.05, 4.69) is 15.6 Å². The van der Waals surface area contributed by atoms with Gasteiger partial charge in [-0.1, -0.05) is 29.8 Å². The van der Waals surface area contributed by atoms with Crippen molar-refractivity contribution in [3.63, 3.8) is 0 Å². The third-order valence-corrected chi connectivity index (χ3v) is 6.82. The number of phenols is 1. The van der Waals surface area contributed by atoms with E-state index in [1.54, 1.807) is 13.1 Å². The number of nitrogens with one attached hydrogen (secondary N) is 2. The summed E-state index contributed by atoms with van der Waals surface area (Å²) in [5.74, 6) is -2.23. The van der Waals surface area contributed by atoms with Gasteiger partial charge in [-0.05, 0) is 51.7 Å². The molecular weight excluding hydrogens is 542 g/mol. The molecule has 1 aliphatic rings. The molecule has 3 aromatic rings. The molecule has 1 atom stereocenters.